The molecular weight excluding hydrogens is 504 g/mol. The summed E-state index contributed by atoms with van der Waals surface area (Å²) in [5.74, 6) is -4.13. The van der Waals surface area contributed by atoms with Crippen LogP contribution in [0.25, 0.3) is 16.9 Å². The molecule has 0 atom stereocenters. The molecule has 3 nitrogen and oxygen atoms in total. The smallest absolute Gasteiger partial charge is 0.699 e. The summed E-state index contributed by atoms with van der Waals surface area (Å²) in [5.41, 5.74) is 7.99. The van der Waals surface area contributed by atoms with E-state index in [1.807, 2.05) is 12.1 Å². The van der Waals surface area contributed by atoms with Gasteiger partial charge >= 0.3 is 27.0 Å². The maximum Gasteiger partial charge on any atom is 2.00 e. The van der Waals surface area contributed by atoms with Gasteiger partial charge in [-0.25, -0.2) is 13.6 Å². The molecule has 0 radical (unpaired) electrons. The van der Waals surface area contributed by atoms with Crippen molar-refractivity contribution in [2.24, 2.45) is 0 Å². The van der Waals surface area contributed by atoms with E-state index in [0.29, 0.717) is 12.1 Å². The minimum absolute atomic E-state index is 0. The number of carboxylic acid groups (broad SMARTS) is 1. The van der Waals surface area contributed by atoms with Gasteiger partial charge in [-0.3, -0.25) is 0 Å². The van der Waals surface area contributed by atoms with E-state index in [1.54, 1.807) is 11.3 Å². The van der Waals surface area contributed by atoms with E-state index in [0.717, 1.165) is 0 Å². The van der Waals surface area contributed by atoms with Gasteiger partial charge in [0.15, 0.2) is 0 Å². The monoisotopic (exact) mass is 515 g/mol. The van der Waals surface area contributed by atoms with E-state index in [1.165, 1.54) is 11.1 Å². The molecule has 0 spiro atoms. The van der Waals surface area contributed by atoms with E-state index in [9.17, 15) is 13.6 Å². The van der Waals surface area contributed by atoms with Crippen molar-refractivity contribution in [3.63, 3.8) is 0 Å². The average Bonchev–Trinajstić information content (AvgIpc) is 3.01. The van der Waals surface area contributed by atoms with Gasteiger partial charge < -0.3 is 10.8 Å². The van der Waals surface area contributed by atoms with Gasteiger partial charge in [0.05, 0.1) is 0 Å². The summed E-state index contributed by atoms with van der Waals surface area (Å²) in [4.78, 5) is 10.2. The first kappa shape index (κ1) is 20.0. The zero-order valence-corrected chi connectivity index (χ0v) is 15.9. The molecule has 2 N–H and O–H groups in total. The number of nitrogens with one attached hydrogen (secondary N) is 1. The number of carboxylic acids is 1. The van der Waals surface area contributed by atoms with E-state index >= 15 is 0 Å². The number of halogens is 2. The Labute approximate surface area is 156 Å². The molecule has 3 aromatic rings. The molecule has 0 saturated heterocycles. The van der Waals surface area contributed by atoms with Crippen LogP contribution in [0.3, 0.4) is 0 Å². The molecule has 0 fully saturated rings. The molecular formula is C17H11F2NO2SW. The maximum atomic E-state index is 12.6. The fourth-order valence-corrected chi connectivity index (χ4v) is 2.45. The van der Waals surface area contributed by atoms with Crippen LogP contribution in [0.5, 0.6) is 0 Å². The van der Waals surface area contributed by atoms with Crippen molar-refractivity contribution in [3.05, 3.63) is 82.2 Å². The van der Waals surface area contributed by atoms with Crippen LogP contribution in [0.4, 0.5) is 14.5 Å². The largest absolute Gasteiger partial charge is 2.00 e. The number of carbonyl (C=O) groups is 1. The van der Waals surface area contributed by atoms with Crippen LogP contribution in [0, 0.1) is 17.7 Å². The molecule has 0 aliphatic heterocycles. The molecule has 3 rings (SSSR count). The topological polar surface area (TPSA) is 61.1 Å². The van der Waals surface area contributed by atoms with E-state index < -0.39 is 28.9 Å². The summed E-state index contributed by atoms with van der Waals surface area (Å²) in [6.45, 7) is 0. The van der Waals surface area contributed by atoms with Crippen molar-refractivity contribution in [1.29, 1.82) is 0 Å². The molecule has 24 heavy (non-hydrogen) atoms. The van der Waals surface area contributed by atoms with E-state index in [-0.39, 0.29) is 21.1 Å². The predicted octanol–water partition coefficient (Wildman–Crippen LogP) is 5.56. The van der Waals surface area contributed by atoms with E-state index in [2.05, 4.69) is 35.0 Å². The van der Waals surface area contributed by atoms with Crippen LogP contribution in [0.15, 0.2) is 53.2 Å². The third kappa shape index (κ3) is 5.25. The van der Waals surface area contributed by atoms with Crippen LogP contribution in [0.1, 0.15) is 10.4 Å². The zero-order chi connectivity index (χ0) is 16.8. The zero-order valence-electron chi connectivity index (χ0n) is 12.1. The number of hydrogen-bond acceptors (Lipinski definition) is 2. The number of rotatable bonds is 2. The molecule has 7 heteroatoms. The molecule has 0 unspecified atom stereocenters. The molecule has 0 bridgehead atoms. The molecule has 0 amide bonds. The molecule has 2 aromatic carbocycles. The maximum absolute atomic E-state index is 12.6. The van der Waals surface area contributed by atoms with Crippen LogP contribution < -0.4 is 0 Å². The molecule has 0 aliphatic carbocycles. The second-order valence-electron chi connectivity index (χ2n) is 4.42. The summed E-state index contributed by atoms with van der Waals surface area (Å²) < 4.78 is 25.2. The Morgan fingerprint density at radius 2 is 1.67 bits per heavy atom. The SMILES string of the molecule is [NH-]c1cc(F)c(C(=O)O)c(F)c1.[W+2].[c-]1ccc(-c2ccsc2)cc1. The third-order valence-electron chi connectivity index (χ3n) is 2.83. The Morgan fingerprint density at radius 1 is 1.08 bits per heavy atom. The standard InChI is InChI=1S/C10H7S.C7H4F2NO2.W/c1-2-4-9(5-3-1)10-6-7-11-8-10;8-4-1-3(10)2-5(9)6(4)7(11)12;/h2-8H;1-2,10H,(H,11,12);/q2*-1;+2. The van der Waals surface area contributed by atoms with Crippen molar-refractivity contribution >= 4 is 23.0 Å². The van der Waals surface area contributed by atoms with Crippen molar-refractivity contribution < 1.29 is 39.7 Å². The first-order valence-electron chi connectivity index (χ1n) is 6.41. The molecule has 1 aromatic heterocycles. The van der Waals surface area contributed by atoms with Crippen LogP contribution in [-0.2, 0) is 21.1 Å². The quantitative estimate of drug-likeness (QED) is 0.455. The van der Waals surface area contributed by atoms with Gasteiger partial charge in [-0.1, -0.05) is 0 Å². The van der Waals surface area contributed by atoms with Crippen molar-refractivity contribution in [1.82, 2.24) is 0 Å². The number of aromatic carboxylic acids is 1. The van der Waals surface area contributed by atoms with Crippen molar-refractivity contribution in [2.45, 2.75) is 0 Å². The average molecular weight is 515 g/mol. The second-order valence-corrected chi connectivity index (χ2v) is 5.20. The summed E-state index contributed by atoms with van der Waals surface area (Å²) in [6, 6.07) is 14.4. The first-order chi connectivity index (χ1) is 11.0. The summed E-state index contributed by atoms with van der Waals surface area (Å²) in [7, 11) is 0. The summed E-state index contributed by atoms with van der Waals surface area (Å²) >= 11 is 1.72. The molecule has 0 aliphatic rings. The second kappa shape index (κ2) is 9.30. The van der Waals surface area contributed by atoms with E-state index in [4.69, 9.17) is 10.8 Å². The fraction of sp³-hybridized carbons (Fsp3) is 0. The third-order valence-corrected chi connectivity index (χ3v) is 3.51. The Morgan fingerprint density at radius 3 is 2.12 bits per heavy atom. The number of benzene rings is 2. The number of thiophene rings is 1. The van der Waals surface area contributed by atoms with Gasteiger partial charge in [0.25, 0.3) is 0 Å². The summed E-state index contributed by atoms with van der Waals surface area (Å²) in [5, 5.41) is 12.5. The summed E-state index contributed by atoms with van der Waals surface area (Å²) in [6.07, 6.45) is 0. The molecule has 122 valence electrons. The Hall–Kier alpha value is -2.04. The molecule has 1 heterocycles. The Bertz CT molecular complexity index is 773. The van der Waals surface area contributed by atoms with Gasteiger partial charge in [-0.2, -0.15) is 41.7 Å². The Balaban J connectivity index is 0.000000231. The minimum atomic E-state index is -1.68. The van der Waals surface area contributed by atoms with Gasteiger partial charge in [0.2, 0.25) is 0 Å². The van der Waals surface area contributed by atoms with Gasteiger partial charge in [-0.15, -0.1) is 11.3 Å². The first-order valence-corrected chi connectivity index (χ1v) is 7.36. The van der Waals surface area contributed by atoms with Crippen LogP contribution >= 0.6 is 11.3 Å². The van der Waals surface area contributed by atoms with Crippen molar-refractivity contribution in [3.8, 4) is 11.1 Å². The van der Waals surface area contributed by atoms with Gasteiger partial charge in [0.1, 0.15) is 17.2 Å². The van der Waals surface area contributed by atoms with Crippen molar-refractivity contribution in [2.75, 3.05) is 0 Å². The van der Waals surface area contributed by atoms with Crippen LogP contribution in [-0.4, -0.2) is 11.1 Å². The fourth-order valence-electron chi connectivity index (χ4n) is 1.79. The minimum Gasteiger partial charge on any atom is -0.699 e. The molecule has 0 saturated carbocycles. The predicted molar refractivity (Wildman–Crippen MR) is 85.9 cm³/mol. The van der Waals surface area contributed by atoms with Gasteiger partial charge in [-0.05, 0) is 34.5 Å². The van der Waals surface area contributed by atoms with Gasteiger partial charge in [0, 0.05) is 0 Å². The Kier molecular flexibility index (Phi) is 7.75. The number of hydrogen-bond donors (Lipinski definition) is 1. The normalized spacial score (nSPS) is 9.42. The van der Waals surface area contributed by atoms with Crippen LogP contribution in [0.2, 0.25) is 0 Å².